The summed E-state index contributed by atoms with van der Waals surface area (Å²) in [5.41, 5.74) is 0. The summed E-state index contributed by atoms with van der Waals surface area (Å²) in [4.78, 5) is 0. The van der Waals surface area contributed by atoms with Gasteiger partial charge in [-0.05, 0) is 0 Å². The first kappa shape index (κ1) is 21.6. The van der Waals surface area contributed by atoms with E-state index in [1.165, 1.54) is 0 Å². The van der Waals surface area contributed by atoms with Gasteiger partial charge in [0.05, 0.1) is 13.2 Å². The molecular formula is C12H24O12. The molecule has 2 saturated heterocycles. The second-order valence-electron chi connectivity index (χ2n) is 5.53. The van der Waals surface area contributed by atoms with Crippen LogP contribution in [0.4, 0.5) is 0 Å². The van der Waals surface area contributed by atoms with Crippen molar-refractivity contribution in [3.63, 3.8) is 0 Å². The summed E-state index contributed by atoms with van der Waals surface area (Å²) >= 11 is 0. The zero-order valence-electron chi connectivity index (χ0n) is 12.5. The Kier molecular flexibility index (Phi) is 7.86. The maximum Gasteiger partial charge on any atom is 0.189 e. The molecule has 0 saturated carbocycles. The summed E-state index contributed by atoms with van der Waals surface area (Å²) in [5.74, 6) is 0. The molecule has 2 aliphatic heterocycles. The van der Waals surface area contributed by atoms with E-state index in [-0.39, 0.29) is 5.48 Å². The molecule has 0 amide bonds. The molecule has 2 fully saturated rings. The Morgan fingerprint density at radius 2 is 0.917 bits per heavy atom. The molecule has 2 heterocycles. The van der Waals surface area contributed by atoms with Gasteiger partial charge in [-0.2, -0.15) is 0 Å². The van der Waals surface area contributed by atoms with Crippen LogP contribution in [0.3, 0.4) is 0 Å². The van der Waals surface area contributed by atoms with Gasteiger partial charge in [0.1, 0.15) is 48.8 Å². The Morgan fingerprint density at radius 1 is 0.583 bits per heavy atom. The number of hydrogen-bond acceptors (Lipinski definition) is 11. The fourth-order valence-electron chi connectivity index (χ4n) is 2.49. The minimum absolute atomic E-state index is 0. The number of aliphatic hydroxyl groups excluding tert-OH is 8. The lowest BCUT2D eigenvalue weighted by molar-refractivity contribution is -0.376. The zero-order chi connectivity index (χ0) is 17.3. The van der Waals surface area contributed by atoms with E-state index in [9.17, 15) is 30.6 Å². The first-order chi connectivity index (χ1) is 10.8. The normalized spacial score (nSPS) is 49.5. The van der Waals surface area contributed by atoms with Gasteiger partial charge in [-0.15, -0.1) is 0 Å². The zero-order valence-corrected chi connectivity index (χ0v) is 12.5. The van der Waals surface area contributed by atoms with Crippen LogP contribution in [-0.4, -0.2) is 121 Å². The van der Waals surface area contributed by atoms with Gasteiger partial charge in [0.2, 0.25) is 0 Å². The van der Waals surface area contributed by atoms with E-state index in [0.717, 1.165) is 0 Å². The molecule has 10 atom stereocenters. The molecule has 0 bridgehead atoms. The topological polar surface area (TPSA) is 221 Å². The molecule has 12 heteroatoms. The largest absolute Gasteiger partial charge is 0.412 e. The monoisotopic (exact) mass is 360 g/mol. The summed E-state index contributed by atoms with van der Waals surface area (Å²) in [6.07, 6.45) is -15.6. The van der Waals surface area contributed by atoms with Crippen molar-refractivity contribution in [1.82, 2.24) is 0 Å². The summed E-state index contributed by atoms with van der Waals surface area (Å²) in [7, 11) is 0. The van der Waals surface area contributed by atoms with Gasteiger partial charge in [0.25, 0.3) is 0 Å². The third-order valence-corrected chi connectivity index (χ3v) is 3.97. The molecule has 0 aromatic heterocycles. The molecule has 12 nitrogen and oxygen atoms in total. The average Bonchev–Trinajstić information content (AvgIpc) is 2.55. The molecule has 10 unspecified atom stereocenters. The van der Waals surface area contributed by atoms with Crippen molar-refractivity contribution in [2.24, 2.45) is 0 Å². The smallest absolute Gasteiger partial charge is 0.189 e. The van der Waals surface area contributed by atoms with E-state index in [0.29, 0.717) is 0 Å². The number of hydrogen-bond donors (Lipinski definition) is 8. The first-order valence-electron chi connectivity index (χ1n) is 7.08. The van der Waals surface area contributed by atoms with Gasteiger partial charge in [-0.3, -0.25) is 0 Å². The minimum atomic E-state index is -1.72. The third kappa shape index (κ3) is 4.01. The first-order valence-corrected chi connectivity index (χ1v) is 7.08. The molecule has 0 spiro atoms. The van der Waals surface area contributed by atoms with Crippen LogP contribution < -0.4 is 0 Å². The standard InChI is InChI=1S/C12H22O11.H2O/c13-1-3-5(15)7(17)9(19)11(21-3)23-12-10(20)8(18)6(16)4(2-14)22-12;/h3-20H,1-2H2;1H2. The highest BCUT2D eigenvalue weighted by molar-refractivity contribution is 4.92. The molecule has 2 aliphatic rings. The molecule has 144 valence electrons. The van der Waals surface area contributed by atoms with Crippen molar-refractivity contribution < 1.29 is 60.5 Å². The Bertz CT molecular complexity index is 345. The van der Waals surface area contributed by atoms with Crippen LogP contribution in [0.15, 0.2) is 0 Å². The molecule has 0 radical (unpaired) electrons. The number of aliphatic hydroxyl groups is 8. The van der Waals surface area contributed by atoms with Crippen molar-refractivity contribution in [2.75, 3.05) is 13.2 Å². The van der Waals surface area contributed by atoms with Crippen LogP contribution in [0.2, 0.25) is 0 Å². The average molecular weight is 360 g/mol. The Balaban J connectivity index is 0.00000288. The van der Waals surface area contributed by atoms with Crippen molar-refractivity contribution in [3.8, 4) is 0 Å². The third-order valence-electron chi connectivity index (χ3n) is 3.97. The highest BCUT2D eigenvalue weighted by Crippen LogP contribution is 2.27. The maximum absolute atomic E-state index is 9.84. The van der Waals surface area contributed by atoms with E-state index in [1.807, 2.05) is 0 Å². The Labute approximate surface area is 136 Å². The van der Waals surface area contributed by atoms with E-state index >= 15 is 0 Å². The summed E-state index contributed by atoms with van der Waals surface area (Å²) < 4.78 is 15.3. The molecule has 0 aromatic rings. The maximum atomic E-state index is 9.84. The fraction of sp³-hybridized carbons (Fsp3) is 1.00. The Hall–Kier alpha value is -0.480. The van der Waals surface area contributed by atoms with E-state index in [4.69, 9.17) is 24.4 Å². The minimum Gasteiger partial charge on any atom is -0.412 e. The number of rotatable bonds is 4. The van der Waals surface area contributed by atoms with Gasteiger partial charge in [-0.1, -0.05) is 0 Å². The van der Waals surface area contributed by atoms with Crippen LogP contribution >= 0.6 is 0 Å². The summed E-state index contributed by atoms with van der Waals surface area (Å²) in [6.45, 7) is -1.33. The fourth-order valence-corrected chi connectivity index (χ4v) is 2.49. The quantitative estimate of drug-likeness (QED) is 0.235. The van der Waals surface area contributed by atoms with Gasteiger partial charge >= 0.3 is 0 Å². The molecule has 0 aromatic carbocycles. The van der Waals surface area contributed by atoms with Crippen molar-refractivity contribution in [1.29, 1.82) is 0 Å². The summed E-state index contributed by atoms with van der Waals surface area (Å²) in [6, 6.07) is 0. The second kappa shape index (κ2) is 8.75. The Morgan fingerprint density at radius 3 is 1.21 bits per heavy atom. The van der Waals surface area contributed by atoms with Crippen molar-refractivity contribution >= 4 is 0 Å². The van der Waals surface area contributed by atoms with Crippen molar-refractivity contribution in [2.45, 2.75) is 61.4 Å². The molecule has 24 heavy (non-hydrogen) atoms. The predicted molar refractivity (Wildman–Crippen MR) is 72.2 cm³/mol. The van der Waals surface area contributed by atoms with E-state index in [1.54, 1.807) is 0 Å². The lowest BCUT2D eigenvalue weighted by Crippen LogP contribution is -2.63. The molecule has 10 N–H and O–H groups in total. The molecule has 2 rings (SSSR count). The highest BCUT2D eigenvalue weighted by Gasteiger charge is 2.49. The lowest BCUT2D eigenvalue weighted by Gasteiger charge is -2.44. The van der Waals surface area contributed by atoms with E-state index < -0.39 is 74.6 Å². The van der Waals surface area contributed by atoms with Gasteiger partial charge in [0, 0.05) is 0 Å². The highest BCUT2D eigenvalue weighted by atomic mass is 16.8. The van der Waals surface area contributed by atoms with Crippen LogP contribution in [0.25, 0.3) is 0 Å². The van der Waals surface area contributed by atoms with Gasteiger partial charge in [0.15, 0.2) is 12.6 Å². The van der Waals surface area contributed by atoms with E-state index in [2.05, 4.69) is 0 Å². The van der Waals surface area contributed by atoms with Crippen LogP contribution in [0.1, 0.15) is 0 Å². The lowest BCUT2D eigenvalue weighted by atomic mass is 9.98. The van der Waals surface area contributed by atoms with Crippen LogP contribution in [0, 0.1) is 0 Å². The predicted octanol–water partition coefficient (Wildman–Crippen LogP) is -6.22. The van der Waals surface area contributed by atoms with Crippen LogP contribution in [-0.2, 0) is 14.2 Å². The second-order valence-corrected chi connectivity index (χ2v) is 5.53. The van der Waals surface area contributed by atoms with Gasteiger partial charge < -0.3 is 60.5 Å². The van der Waals surface area contributed by atoms with Gasteiger partial charge in [-0.25, -0.2) is 0 Å². The summed E-state index contributed by atoms with van der Waals surface area (Å²) in [5, 5.41) is 76.4. The molecular weight excluding hydrogens is 336 g/mol. The van der Waals surface area contributed by atoms with Crippen molar-refractivity contribution in [3.05, 3.63) is 0 Å². The van der Waals surface area contributed by atoms with Crippen LogP contribution in [0.5, 0.6) is 0 Å². The SMILES string of the molecule is O.OCC1OC(OC2OC(CO)C(O)C(O)C2O)C(O)C(O)C1O. The molecule has 0 aliphatic carbocycles. The number of ether oxygens (including phenoxy) is 3.